The van der Waals surface area contributed by atoms with E-state index in [1.165, 1.54) is 6.07 Å². The van der Waals surface area contributed by atoms with Gasteiger partial charge in [-0.2, -0.15) is 0 Å². The van der Waals surface area contributed by atoms with Gasteiger partial charge in [-0.25, -0.2) is 9.18 Å². The van der Waals surface area contributed by atoms with Crippen molar-refractivity contribution in [3.05, 3.63) is 58.7 Å². The fraction of sp³-hybridized carbons (Fsp3) is 0.294. The van der Waals surface area contributed by atoms with Gasteiger partial charge in [0.15, 0.2) is 0 Å². The van der Waals surface area contributed by atoms with E-state index in [2.05, 4.69) is 15.6 Å². The maximum Gasteiger partial charge on any atom is 0.319 e. The van der Waals surface area contributed by atoms with Crippen LogP contribution in [-0.4, -0.2) is 17.6 Å². The summed E-state index contributed by atoms with van der Waals surface area (Å²) in [6.07, 6.45) is 2.44. The highest BCUT2D eigenvalue weighted by molar-refractivity contribution is 5.89. The van der Waals surface area contributed by atoms with Crippen molar-refractivity contribution >= 4 is 11.7 Å². The second kappa shape index (κ2) is 6.75. The van der Waals surface area contributed by atoms with Crippen molar-refractivity contribution in [2.45, 2.75) is 26.5 Å². The van der Waals surface area contributed by atoms with Crippen LogP contribution in [0.2, 0.25) is 0 Å². The highest BCUT2D eigenvalue weighted by Crippen LogP contribution is 2.18. The molecule has 0 saturated heterocycles. The molecule has 120 valence electrons. The van der Waals surface area contributed by atoms with E-state index in [0.717, 1.165) is 23.2 Å². The number of urea groups is 1. The van der Waals surface area contributed by atoms with E-state index >= 15 is 0 Å². The Kier molecular flexibility index (Phi) is 4.52. The fourth-order valence-corrected chi connectivity index (χ4v) is 2.48. The van der Waals surface area contributed by atoms with Gasteiger partial charge in [0.1, 0.15) is 5.82 Å². The van der Waals surface area contributed by atoms with E-state index in [1.807, 2.05) is 6.07 Å². The number of aryl methyl sites for hydroxylation is 1. The van der Waals surface area contributed by atoms with Crippen LogP contribution in [0.4, 0.5) is 14.9 Å². The predicted octanol–water partition coefficient (Wildman–Crippen LogP) is 2.92. The molecule has 0 fully saturated rings. The van der Waals surface area contributed by atoms with E-state index in [4.69, 9.17) is 4.74 Å². The smallest absolute Gasteiger partial charge is 0.319 e. The van der Waals surface area contributed by atoms with Gasteiger partial charge in [0.25, 0.3) is 0 Å². The first-order valence-corrected chi connectivity index (χ1v) is 7.47. The van der Waals surface area contributed by atoms with Gasteiger partial charge in [0.2, 0.25) is 0 Å². The van der Waals surface area contributed by atoms with Crippen molar-refractivity contribution < 1.29 is 13.9 Å². The largest absolute Gasteiger partial charge is 0.376 e. The number of amides is 2. The molecule has 0 radical (unpaired) electrons. The molecule has 1 aliphatic heterocycles. The summed E-state index contributed by atoms with van der Waals surface area (Å²) in [6.45, 7) is 3.23. The zero-order valence-electron chi connectivity index (χ0n) is 12.9. The van der Waals surface area contributed by atoms with Crippen molar-refractivity contribution in [1.82, 2.24) is 10.3 Å². The minimum absolute atomic E-state index is 0.249. The summed E-state index contributed by atoms with van der Waals surface area (Å²) in [5, 5.41) is 5.49. The lowest BCUT2D eigenvalue weighted by Gasteiger charge is -2.16. The molecule has 6 heteroatoms. The average Bonchev–Trinajstić information content (AvgIpc) is 2.56. The molecule has 3 rings (SSSR count). The second-order valence-electron chi connectivity index (χ2n) is 5.52. The number of halogens is 1. The maximum absolute atomic E-state index is 13.2. The number of aromatic nitrogens is 1. The molecule has 2 N–H and O–H groups in total. The Bertz CT molecular complexity index is 734. The number of hydrogen-bond acceptors (Lipinski definition) is 3. The van der Waals surface area contributed by atoms with Crippen molar-refractivity contribution in [3.63, 3.8) is 0 Å². The summed E-state index contributed by atoms with van der Waals surface area (Å²) in [5.41, 5.74) is 4.05. The number of benzene rings is 1. The lowest BCUT2D eigenvalue weighted by atomic mass is 10.1. The summed E-state index contributed by atoms with van der Waals surface area (Å²) >= 11 is 0. The van der Waals surface area contributed by atoms with Gasteiger partial charge >= 0.3 is 6.03 Å². The molecule has 2 aromatic rings. The third-order valence-corrected chi connectivity index (χ3v) is 3.73. The van der Waals surface area contributed by atoms with Crippen LogP contribution < -0.4 is 10.6 Å². The Morgan fingerprint density at radius 2 is 2.26 bits per heavy atom. The number of carbonyl (C=O) groups excluding carboxylic acids is 1. The highest BCUT2D eigenvalue weighted by atomic mass is 19.1. The Morgan fingerprint density at radius 1 is 1.39 bits per heavy atom. The number of carbonyl (C=O) groups is 1. The topological polar surface area (TPSA) is 63.2 Å². The van der Waals surface area contributed by atoms with Crippen LogP contribution in [-0.2, 0) is 24.3 Å². The number of hydrogen-bond donors (Lipinski definition) is 2. The van der Waals surface area contributed by atoms with Crippen molar-refractivity contribution in [1.29, 1.82) is 0 Å². The number of ether oxygens (including phenoxy) is 1. The standard InChI is InChI=1S/C17H18FN3O2/c1-11-6-12(2-3-15(11)18)8-20-17(22)21-14-7-13-10-23-5-4-16(13)19-9-14/h2-3,6-7,9H,4-5,8,10H2,1H3,(H2,20,21,22). The summed E-state index contributed by atoms with van der Waals surface area (Å²) in [5.74, 6) is -0.249. The maximum atomic E-state index is 13.2. The van der Waals surface area contributed by atoms with Gasteiger partial charge in [-0.15, -0.1) is 0 Å². The molecule has 0 spiro atoms. The predicted molar refractivity (Wildman–Crippen MR) is 84.6 cm³/mol. The van der Waals surface area contributed by atoms with Crippen LogP contribution >= 0.6 is 0 Å². The van der Waals surface area contributed by atoms with Crippen LogP contribution in [0.25, 0.3) is 0 Å². The number of anilines is 1. The van der Waals surface area contributed by atoms with Gasteiger partial charge in [-0.3, -0.25) is 4.98 Å². The Labute approximate surface area is 133 Å². The summed E-state index contributed by atoms with van der Waals surface area (Å²) in [4.78, 5) is 16.3. The summed E-state index contributed by atoms with van der Waals surface area (Å²) < 4.78 is 18.6. The number of fused-ring (bicyclic) bond motifs is 1. The summed E-state index contributed by atoms with van der Waals surface area (Å²) in [6, 6.07) is 6.32. The lowest BCUT2D eigenvalue weighted by Crippen LogP contribution is -2.28. The van der Waals surface area contributed by atoms with E-state index in [1.54, 1.807) is 25.3 Å². The molecule has 1 aromatic heterocycles. The molecule has 2 heterocycles. The highest BCUT2D eigenvalue weighted by Gasteiger charge is 2.12. The van der Waals surface area contributed by atoms with Gasteiger partial charge < -0.3 is 15.4 Å². The second-order valence-corrected chi connectivity index (χ2v) is 5.52. The molecular weight excluding hydrogens is 297 g/mol. The van der Waals surface area contributed by atoms with E-state index < -0.39 is 0 Å². The third kappa shape index (κ3) is 3.84. The number of nitrogens with one attached hydrogen (secondary N) is 2. The molecule has 1 aromatic carbocycles. The molecule has 2 amide bonds. The third-order valence-electron chi connectivity index (χ3n) is 3.73. The fourth-order valence-electron chi connectivity index (χ4n) is 2.48. The van der Waals surface area contributed by atoms with E-state index in [0.29, 0.717) is 31.0 Å². The molecule has 0 bridgehead atoms. The Balaban J connectivity index is 1.57. The average molecular weight is 315 g/mol. The van der Waals surface area contributed by atoms with E-state index in [9.17, 15) is 9.18 Å². The number of pyridine rings is 1. The molecule has 23 heavy (non-hydrogen) atoms. The van der Waals surface area contributed by atoms with E-state index in [-0.39, 0.29) is 11.8 Å². The number of rotatable bonds is 3. The summed E-state index contributed by atoms with van der Waals surface area (Å²) in [7, 11) is 0. The minimum atomic E-state index is -0.328. The SMILES string of the molecule is Cc1cc(CNC(=O)Nc2cnc3c(c2)COCC3)ccc1F. The quantitative estimate of drug-likeness (QED) is 0.915. The molecule has 0 saturated carbocycles. The van der Waals surface area contributed by atoms with Crippen molar-refractivity contribution in [3.8, 4) is 0 Å². The Hall–Kier alpha value is -2.47. The van der Waals surface area contributed by atoms with Crippen LogP contribution in [0.15, 0.2) is 30.5 Å². The van der Waals surface area contributed by atoms with Gasteiger partial charge in [-0.1, -0.05) is 12.1 Å². The van der Waals surface area contributed by atoms with Crippen molar-refractivity contribution in [2.24, 2.45) is 0 Å². The molecule has 0 unspecified atom stereocenters. The van der Waals surface area contributed by atoms with Crippen LogP contribution in [0.3, 0.4) is 0 Å². The first kappa shape index (κ1) is 15.4. The minimum Gasteiger partial charge on any atom is -0.376 e. The molecular formula is C17H18FN3O2. The van der Waals surface area contributed by atoms with Crippen molar-refractivity contribution in [2.75, 3.05) is 11.9 Å². The van der Waals surface area contributed by atoms with Gasteiger partial charge in [0, 0.05) is 24.2 Å². The zero-order valence-corrected chi connectivity index (χ0v) is 12.9. The molecule has 5 nitrogen and oxygen atoms in total. The zero-order chi connectivity index (χ0) is 16.2. The van der Waals surface area contributed by atoms with Crippen LogP contribution in [0, 0.1) is 12.7 Å². The normalized spacial score (nSPS) is 13.3. The first-order chi connectivity index (χ1) is 11.1. The molecule has 0 aliphatic carbocycles. The first-order valence-electron chi connectivity index (χ1n) is 7.47. The monoisotopic (exact) mass is 315 g/mol. The molecule has 1 aliphatic rings. The number of nitrogens with zero attached hydrogens (tertiary/aromatic N) is 1. The van der Waals surface area contributed by atoms with Gasteiger partial charge in [0.05, 0.1) is 25.1 Å². The Morgan fingerprint density at radius 3 is 3.09 bits per heavy atom. The van der Waals surface area contributed by atoms with Crippen LogP contribution in [0.1, 0.15) is 22.4 Å². The lowest BCUT2D eigenvalue weighted by molar-refractivity contribution is 0.109. The van der Waals surface area contributed by atoms with Gasteiger partial charge in [-0.05, 0) is 30.2 Å². The molecule has 0 atom stereocenters. The van der Waals surface area contributed by atoms with Crippen LogP contribution in [0.5, 0.6) is 0 Å².